The van der Waals surface area contributed by atoms with Crippen molar-refractivity contribution in [2.75, 3.05) is 17.2 Å². The van der Waals surface area contributed by atoms with Gasteiger partial charge in [0.05, 0.1) is 12.3 Å². The number of ether oxygens (including phenoxy) is 1. The van der Waals surface area contributed by atoms with Gasteiger partial charge in [-0.25, -0.2) is 9.37 Å². The molecule has 31 heavy (non-hydrogen) atoms. The van der Waals surface area contributed by atoms with Gasteiger partial charge in [-0.3, -0.25) is 0 Å². The Bertz CT molecular complexity index is 1060. The minimum Gasteiger partial charge on any atom is -0.406 e. The predicted octanol–water partition coefficient (Wildman–Crippen LogP) is 5.03. The fourth-order valence-electron chi connectivity index (χ4n) is 2.66. The van der Waals surface area contributed by atoms with Gasteiger partial charge in [0.2, 0.25) is 5.95 Å². The van der Waals surface area contributed by atoms with Crippen LogP contribution < -0.4 is 15.4 Å². The van der Waals surface area contributed by atoms with Crippen LogP contribution in [0.4, 0.5) is 35.0 Å². The van der Waals surface area contributed by atoms with Crippen LogP contribution in [0.3, 0.4) is 0 Å². The van der Waals surface area contributed by atoms with Gasteiger partial charge in [0.15, 0.2) is 0 Å². The molecule has 3 N–H and O–H groups in total. The lowest BCUT2D eigenvalue weighted by atomic mass is 10.1. The van der Waals surface area contributed by atoms with E-state index in [0.29, 0.717) is 22.5 Å². The molecule has 0 bridgehead atoms. The average molecular weight is 436 g/mol. The molecule has 0 aliphatic carbocycles. The van der Waals surface area contributed by atoms with Gasteiger partial charge in [0.1, 0.15) is 17.4 Å². The Balaban J connectivity index is 1.99. The number of hydrogen-bond donors (Lipinski definition) is 3. The summed E-state index contributed by atoms with van der Waals surface area (Å²) in [6.45, 7) is 3.15. The number of hydrogen-bond acceptors (Lipinski definition) is 6. The molecule has 0 fully saturated rings. The largest absolute Gasteiger partial charge is 0.573 e. The van der Waals surface area contributed by atoms with E-state index in [4.69, 9.17) is 0 Å². The van der Waals surface area contributed by atoms with E-state index in [2.05, 4.69) is 25.3 Å². The Kier molecular flexibility index (Phi) is 6.59. The number of benzene rings is 2. The fourth-order valence-corrected chi connectivity index (χ4v) is 2.66. The van der Waals surface area contributed by atoms with E-state index in [1.165, 1.54) is 30.3 Å². The lowest BCUT2D eigenvalue weighted by Gasteiger charge is -2.15. The summed E-state index contributed by atoms with van der Waals surface area (Å²) in [5.74, 6) is -0.375. The smallest absolute Gasteiger partial charge is 0.406 e. The van der Waals surface area contributed by atoms with Crippen LogP contribution in [-0.4, -0.2) is 34.1 Å². The number of aliphatic hydroxyl groups is 1. The normalized spacial score (nSPS) is 12.4. The quantitative estimate of drug-likeness (QED) is 0.451. The molecule has 3 rings (SSSR count). The molecule has 0 unspecified atom stereocenters. The highest BCUT2D eigenvalue weighted by atomic mass is 19.4. The first-order chi connectivity index (χ1) is 14.6. The molecule has 164 valence electrons. The van der Waals surface area contributed by atoms with Crippen molar-refractivity contribution in [2.45, 2.75) is 26.3 Å². The Morgan fingerprint density at radius 3 is 2.55 bits per heavy atom. The van der Waals surface area contributed by atoms with Crippen molar-refractivity contribution in [3.63, 3.8) is 0 Å². The first kappa shape index (κ1) is 22.3. The monoisotopic (exact) mass is 436 g/mol. The van der Waals surface area contributed by atoms with Crippen molar-refractivity contribution in [1.82, 2.24) is 9.97 Å². The Labute approximate surface area is 175 Å². The SMILES string of the molecule is Cc1ccc(Nc2cc(-c3cccc(OC(F)(F)F)c3)nc(N[C@@H](C)CO)n2)cc1F. The Hall–Kier alpha value is -3.40. The number of alkyl halides is 3. The third kappa shape index (κ3) is 6.29. The van der Waals surface area contributed by atoms with Crippen molar-refractivity contribution in [3.05, 3.63) is 59.9 Å². The van der Waals surface area contributed by atoms with Gasteiger partial charge >= 0.3 is 6.36 Å². The molecule has 0 saturated carbocycles. The van der Waals surface area contributed by atoms with Crippen molar-refractivity contribution in [2.24, 2.45) is 0 Å². The first-order valence-corrected chi connectivity index (χ1v) is 9.29. The maximum absolute atomic E-state index is 13.9. The second-order valence-corrected chi connectivity index (χ2v) is 6.85. The molecule has 0 aliphatic rings. The van der Waals surface area contributed by atoms with Gasteiger partial charge in [-0.2, -0.15) is 4.98 Å². The zero-order chi connectivity index (χ0) is 22.6. The van der Waals surface area contributed by atoms with Gasteiger partial charge in [-0.05, 0) is 43.7 Å². The first-order valence-electron chi connectivity index (χ1n) is 9.29. The summed E-state index contributed by atoms with van der Waals surface area (Å²) in [7, 11) is 0. The highest BCUT2D eigenvalue weighted by Crippen LogP contribution is 2.29. The van der Waals surface area contributed by atoms with E-state index in [0.717, 1.165) is 0 Å². The van der Waals surface area contributed by atoms with Gasteiger partial charge < -0.3 is 20.5 Å². The number of anilines is 3. The summed E-state index contributed by atoms with van der Waals surface area (Å²) in [5.41, 5.74) is 1.56. The molecule has 10 heteroatoms. The highest BCUT2D eigenvalue weighted by molar-refractivity contribution is 5.68. The van der Waals surface area contributed by atoms with E-state index < -0.39 is 17.9 Å². The molecule has 3 aromatic rings. The Morgan fingerprint density at radius 2 is 1.87 bits per heavy atom. The topological polar surface area (TPSA) is 79.3 Å². The molecule has 1 heterocycles. The second-order valence-electron chi connectivity index (χ2n) is 6.85. The fraction of sp³-hybridized carbons (Fsp3) is 0.238. The lowest BCUT2D eigenvalue weighted by molar-refractivity contribution is -0.274. The minimum absolute atomic E-state index is 0.135. The van der Waals surface area contributed by atoms with E-state index in [9.17, 15) is 22.7 Å². The average Bonchev–Trinajstić information content (AvgIpc) is 2.69. The molecule has 1 aromatic heterocycles. The standard InChI is InChI=1S/C21H20F4N4O2/c1-12-6-7-15(9-17(12)22)27-19-10-18(28-20(29-19)26-13(2)11-30)14-4-3-5-16(8-14)31-21(23,24)25/h3-10,13,30H,11H2,1-2H3,(H2,26,27,28,29)/t13-/m0/s1. The molecular weight excluding hydrogens is 416 g/mol. The molecule has 0 saturated heterocycles. The summed E-state index contributed by atoms with van der Waals surface area (Å²) in [6, 6.07) is 11.1. The summed E-state index contributed by atoms with van der Waals surface area (Å²) in [4.78, 5) is 8.62. The molecule has 0 radical (unpaired) electrons. The Morgan fingerprint density at radius 1 is 1.10 bits per heavy atom. The van der Waals surface area contributed by atoms with Gasteiger partial charge in [-0.1, -0.05) is 18.2 Å². The molecular formula is C21H20F4N4O2. The summed E-state index contributed by atoms with van der Waals surface area (Å²) in [6.07, 6.45) is -4.82. The van der Waals surface area contributed by atoms with Crippen LogP contribution in [0.2, 0.25) is 0 Å². The van der Waals surface area contributed by atoms with Crippen LogP contribution in [0.1, 0.15) is 12.5 Å². The summed E-state index contributed by atoms with van der Waals surface area (Å²) >= 11 is 0. The number of aliphatic hydroxyl groups excluding tert-OH is 1. The van der Waals surface area contributed by atoms with Crippen molar-refractivity contribution in [1.29, 1.82) is 0 Å². The van der Waals surface area contributed by atoms with E-state index in [1.54, 1.807) is 32.0 Å². The molecule has 6 nitrogen and oxygen atoms in total. The van der Waals surface area contributed by atoms with Crippen LogP contribution >= 0.6 is 0 Å². The summed E-state index contributed by atoms with van der Waals surface area (Å²) in [5, 5.41) is 15.2. The number of aryl methyl sites for hydroxylation is 1. The zero-order valence-electron chi connectivity index (χ0n) is 16.7. The molecule has 1 atom stereocenters. The molecule has 0 amide bonds. The van der Waals surface area contributed by atoms with E-state index in [-0.39, 0.29) is 24.4 Å². The molecule has 0 spiro atoms. The van der Waals surface area contributed by atoms with Crippen LogP contribution in [0, 0.1) is 12.7 Å². The second kappa shape index (κ2) is 9.17. The van der Waals surface area contributed by atoms with Crippen LogP contribution in [0.5, 0.6) is 5.75 Å². The van der Waals surface area contributed by atoms with Crippen molar-refractivity contribution < 1.29 is 27.4 Å². The molecule has 0 aliphatic heterocycles. The zero-order valence-corrected chi connectivity index (χ0v) is 16.7. The number of aromatic nitrogens is 2. The van der Waals surface area contributed by atoms with Gasteiger partial charge in [0, 0.05) is 23.4 Å². The third-order valence-corrected chi connectivity index (χ3v) is 4.18. The van der Waals surface area contributed by atoms with Crippen molar-refractivity contribution in [3.8, 4) is 17.0 Å². The van der Waals surface area contributed by atoms with E-state index in [1.807, 2.05) is 0 Å². The maximum atomic E-state index is 13.9. The van der Waals surface area contributed by atoms with Gasteiger partial charge in [0.25, 0.3) is 0 Å². The lowest BCUT2D eigenvalue weighted by Crippen LogP contribution is -2.21. The maximum Gasteiger partial charge on any atom is 0.573 e. The summed E-state index contributed by atoms with van der Waals surface area (Å²) < 4.78 is 55.6. The number of halogens is 4. The number of rotatable bonds is 7. The van der Waals surface area contributed by atoms with Crippen LogP contribution in [0.25, 0.3) is 11.3 Å². The van der Waals surface area contributed by atoms with E-state index >= 15 is 0 Å². The van der Waals surface area contributed by atoms with Crippen molar-refractivity contribution >= 4 is 17.5 Å². The number of nitrogens with zero attached hydrogens (tertiary/aromatic N) is 2. The highest BCUT2D eigenvalue weighted by Gasteiger charge is 2.31. The van der Waals surface area contributed by atoms with Crippen LogP contribution in [-0.2, 0) is 0 Å². The van der Waals surface area contributed by atoms with Gasteiger partial charge in [-0.15, -0.1) is 13.2 Å². The minimum atomic E-state index is -4.82. The van der Waals surface area contributed by atoms with Crippen LogP contribution in [0.15, 0.2) is 48.5 Å². The number of nitrogens with one attached hydrogen (secondary N) is 2. The predicted molar refractivity (Wildman–Crippen MR) is 109 cm³/mol. The third-order valence-electron chi connectivity index (χ3n) is 4.18. The molecule has 2 aromatic carbocycles.